The topological polar surface area (TPSA) is 72.8 Å². The van der Waals surface area contributed by atoms with Crippen LogP contribution >= 0.6 is 0 Å². The first kappa shape index (κ1) is 14.9. The SMILES string of the molecule is CCCCOC(CC(=O)O)C(=O)OC(C)C. The van der Waals surface area contributed by atoms with Crippen LogP contribution in [-0.4, -0.2) is 35.9 Å². The second-order valence-corrected chi connectivity index (χ2v) is 3.80. The number of unbranched alkanes of at least 4 members (excludes halogenated alkanes) is 1. The van der Waals surface area contributed by atoms with Gasteiger partial charge < -0.3 is 14.6 Å². The van der Waals surface area contributed by atoms with Crippen molar-refractivity contribution in [3.8, 4) is 0 Å². The summed E-state index contributed by atoms with van der Waals surface area (Å²) in [4.78, 5) is 22.0. The summed E-state index contributed by atoms with van der Waals surface area (Å²) in [6, 6.07) is 0. The number of ether oxygens (including phenoxy) is 2. The van der Waals surface area contributed by atoms with Gasteiger partial charge >= 0.3 is 11.9 Å². The summed E-state index contributed by atoms with van der Waals surface area (Å²) in [5, 5.41) is 8.64. The second-order valence-electron chi connectivity index (χ2n) is 3.80. The smallest absolute Gasteiger partial charge is 0.336 e. The summed E-state index contributed by atoms with van der Waals surface area (Å²) >= 11 is 0. The third kappa shape index (κ3) is 7.23. The predicted molar refractivity (Wildman–Crippen MR) is 58.1 cm³/mol. The van der Waals surface area contributed by atoms with E-state index in [0.29, 0.717) is 6.61 Å². The molecule has 0 fully saturated rings. The van der Waals surface area contributed by atoms with Gasteiger partial charge in [0.1, 0.15) is 0 Å². The van der Waals surface area contributed by atoms with E-state index in [1.165, 1.54) is 0 Å². The van der Waals surface area contributed by atoms with Gasteiger partial charge in [-0.15, -0.1) is 0 Å². The molecule has 0 spiro atoms. The number of carbonyl (C=O) groups is 2. The van der Waals surface area contributed by atoms with Crippen LogP contribution in [0.4, 0.5) is 0 Å². The number of rotatable bonds is 8. The Morgan fingerprint density at radius 1 is 1.31 bits per heavy atom. The Kier molecular flexibility index (Phi) is 7.54. The Morgan fingerprint density at radius 3 is 2.38 bits per heavy atom. The van der Waals surface area contributed by atoms with Crippen LogP contribution in [0.5, 0.6) is 0 Å². The van der Waals surface area contributed by atoms with Gasteiger partial charge in [-0.2, -0.15) is 0 Å². The number of aliphatic carboxylic acids is 1. The number of hydrogen-bond donors (Lipinski definition) is 1. The lowest BCUT2D eigenvalue weighted by atomic mass is 10.2. The normalized spacial score (nSPS) is 12.5. The fraction of sp³-hybridized carbons (Fsp3) is 0.818. The zero-order chi connectivity index (χ0) is 12.6. The summed E-state index contributed by atoms with van der Waals surface area (Å²) in [5.41, 5.74) is 0. The molecular formula is C11H20O5. The minimum absolute atomic E-state index is 0.265. The Bertz CT molecular complexity index is 224. The Morgan fingerprint density at radius 2 is 1.94 bits per heavy atom. The number of carbonyl (C=O) groups excluding carboxylic acids is 1. The fourth-order valence-corrected chi connectivity index (χ4v) is 1.05. The Hall–Kier alpha value is -1.10. The van der Waals surface area contributed by atoms with Crippen LogP contribution in [0.15, 0.2) is 0 Å². The van der Waals surface area contributed by atoms with E-state index in [1.807, 2.05) is 6.92 Å². The lowest BCUT2D eigenvalue weighted by Gasteiger charge is -2.16. The van der Waals surface area contributed by atoms with Crippen molar-refractivity contribution in [2.24, 2.45) is 0 Å². The molecule has 0 amide bonds. The summed E-state index contributed by atoms with van der Waals surface area (Å²) in [6.07, 6.45) is 0.115. The number of esters is 1. The monoisotopic (exact) mass is 232 g/mol. The van der Waals surface area contributed by atoms with Crippen LogP contribution in [0.2, 0.25) is 0 Å². The molecule has 94 valence electrons. The Balaban J connectivity index is 4.17. The summed E-state index contributed by atoms with van der Waals surface area (Å²) in [6.45, 7) is 5.78. The van der Waals surface area contributed by atoms with Crippen molar-refractivity contribution >= 4 is 11.9 Å². The molecule has 1 N–H and O–H groups in total. The highest BCUT2D eigenvalue weighted by Gasteiger charge is 2.24. The highest BCUT2D eigenvalue weighted by molar-refractivity contribution is 5.81. The molecule has 0 rings (SSSR count). The van der Waals surface area contributed by atoms with Crippen LogP contribution in [0.25, 0.3) is 0 Å². The summed E-state index contributed by atoms with van der Waals surface area (Å²) in [5.74, 6) is -1.67. The van der Waals surface area contributed by atoms with E-state index in [0.717, 1.165) is 12.8 Å². The predicted octanol–water partition coefficient (Wildman–Crippen LogP) is 1.60. The van der Waals surface area contributed by atoms with Gasteiger partial charge in [-0.25, -0.2) is 4.79 Å². The minimum Gasteiger partial charge on any atom is -0.481 e. The van der Waals surface area contributed by atoms with Crippen LogP contribution in [0.1, 0.15) is 40.0 Å². The molecule has 0 aromatic heterocycles. The molecule has 1 unspecified atom stereocenters. The van der Waals surface area contributed by atoms with Crippen LogP contribution in [0, 0.1) is 0 Å². The summed E-state index contributed by atoms with van der Waals surface area (Å²) < 4.78 is 10.1. The van der Waals surface area contributed by atoms with E-state index < -0.39 is 18.0 Å². The minimum atomic E-state index is -1.07. The highest BCUT2D eigenvalue weighted by Crippen LogP contribution is 2.05. The van der Waals surface area contributed by atoms with Gasteiger partial charge in [0.2, 0.25) is 0 Å². The van der Waals surface area contributed by atoms with Gasteiger partial charge in [-0.05, 0) is 20.3 Å². The third-order valence-electron chi connectivity index (χ3n) is 1.79. The maximum atomic E-state index is 11.5. The second kappa shape index (κ2) is 8.10. The summed E-state index contributed by atoms with van der Waals surface area (Å²) in [7, 11) is 0. The molecule has 0 heterocycles. The van der Waals surface area contributed by atoms with E-state index in [9.17, 15) is 9.59 Å². The molecule has 0 aliphatic rings. The molecule has 0 aromatic rings. The molecule has 5 nitrogen and oxygen atoms in total. The average Bonchev–Trinajstić information content (AvgIpc) is 2.14. The first-order valence-electron chi connectivity index (χ1n) is 5.51. The largest absolute Gasteiger partial charge is 0.481 e. The standard InChI is InChI=1S/C11H20O5/c1-4-5-6-15-9(7-10(12)13)11(14)16-8(2)3/h8-9H,4-7H2,1-3H3,(H,12,13). The number of hydrogen-bond acceptors (Lipinski definition) is 4. The van der Waals surface area contributed by atoms with Crippen LogP contribution < -0.4 is 0 Å². The molecule has 0 saturated carbocycles. The molecule has 0 radical (unpaired) electrons. The van der Waals surface area contributed by atoms with Gasteiger partial charge in [-0.3, -0.25) is 4.79 Å². The molecule has 0 aromatic carbocycles. The van der Waals surface area contributed by atoms with Gasteiger partial charge in [0.25, 0.3) is 0 Å². The maximum absolute atomic E-state index is 11.5. The van der Waals surface area contributed by atoms with E-state index in [4.69, 9.17) is 14.6 Å². The van der Waals surface area contributed by atoms with Crippen LogP contribution in [-0.2, 0) is 19.1 Å². The van der Waals surface area contributed by atoms with Gasteiger partial charge in [0.15, 0.2) is 6.10 Å². The van der Waals surface area contributed by atoms with Gasteiger partial charge in [-0.1, -0.05) is 13.3 Å². The lowest BCUT2D eigenvalue weighted by molar-refractivity contribution is -0.165. The lowest BCUT2D eigenvalue weighted by Crippen LogP contribution is -2.31. The Labute approximate surface area is 95.7 Å². The average molecular weight is 232 g/mol. The molecule has 5 heteroatoms. The molecule has 0 aliphatic heterocycles. The van der Waals surface area contributed by atoms with Gasteiger partial charge in [0, 0.05) is 6.61 Å². The zero-order valence-electron chi connectivity index (χ0n) is 10.1. The first-order chi connectivity index (χ1) is 7.47. The maximum Gasteiger partial charge on any atom is 0.336 e. The van der Waals surface area contributed by atoms with Crippen molar-refractivity contribution in [1.29, 1.82) is 0 Å². The highest BCUT2D eigenvalue weighted by atomic mass is 16.6. The third-order valence-corrected chi connectivity index (χ3v) is 1.79. The van der Waals surface area contributed by atoms with Crippen molar-refractivity contribution in [1.82, 2.24) is 0 Å². The first-order valence-corrected chi connectivity index (χ1v) is 5.51. The van der Waals surface area contributed by atoms with Crippen molar-refractivity contribution in [2.45, 2.75) is 52.2 Å². The van der Waals surface area contributed by atoms with E-state index in [-0.39, 0.29) is 12.5 Å². The van der Waals surface area contributed by atoms with E-state index >= 15 is 0 Å². The molecule has 0 aliphatic carbocycles. The fourth-order valence-electron chi connectivity index (χ4n) is 1.05. The van der Waals surface area contributed by atoms with Crippen LogP contribution in [0.3, 0.4) is 0 Å². The number of carboxylic acid groups (broad SMARTS) is 1. The molecule has 0 bridgehead atoms. The zero-order valence-corrected chi connectivity index (χ0v) is 10.1. The van der Waals surface area contributed by atoms with Crippen molar-refractivity contribution < 1.29 is 24.2 Å². The molecular weight excluding hydrogens is 212 g/mol. The molecule has 16 heavy (non-hydrogen) atoms. The van der Waals surface area contributed by atoms with E-state index in [1.54, 1.807) is 13.8 Å². The van der Waals surface area contributed by atoms with E-state index in [2.05, 4.69) is 0 Å². The van der Waals surface area contributed by atoms with Gasteiger partial charge in [0.05, 0.1) is 12.5 Å². The van der Waals surface area contributed by atoms with Crippen molar-refractivity contribution in [3.63, 3.8) is 0 Å². The molecule has 0 saturated heterocycles. The number of carboxylic acids is 1. The quantitative estimate of drug-likeness (QED) is 0.508. The van der Waals surface area contributed by atoms with Crippen molar-refractivity contribution in [3.05, 3.63) is 0 Å². The molecule has 1 atom stereocenters. The van der Waals surface area contributed by atoms with Crippen molar-refractivity contribution in [2.75, 3.05) is 6.61 Å².